The number of rotatable bonds is 3. The zero-order valence-electron chi connectivity index (χ0n) is 16.9. The maximum atomic E-state index is 13.1. The molecule has 1 unspecified atom stereocenters. The topological polar surface area (TPSA) is 29.5 Å². The monoisotopic (exact) mass is 351 g/mol. The number of carbonyl (C=O) groups is 1. The number of aryl methyl sites for hydroxylation is 3. The maximum absolute atomic E-state index is 13.1. The highest BCUT2D eigenvalue weighted by atomic mass is 16.7. The molecule has 2 aromatic rings. The van der Waals surface area contributed by atoms with Gasteiger partial charge in [-0.25, -0.2) is 4.79 Å². The fraction of sp³-hybridized carbons (Fsp3) is 0.435. The Bertz CT molecular complexity index is 845. The molecular weight excluding hydrogens is 322 g/mol. The van der Waals surface area contributed by atoms with Crippen LogP contribution < -0.4 is 0 Å². The molecule has 0 saturated carbocycles. The van der Waals surface area contributed by atoms with Gasteiger partial charge in [-0.15, -0.1) is 5.06 Å². The van der Waals surface area contributed by atoms with Gasteiger partial charge in [0, 0.05) is 0 Å². The quantitative estimate of drug-likeness (QED) is 0.725. The van der Waals surface area contributed by atoms with Crippen LogP contribution >= 0.6 is 0 Å². The average molecular weight is 351 g/mol. The average Bonchev–Trinajstić information content (AvgIpc) is 2.73. The number of nitrogens with zero attached hydrogens (tertiary/aromatic N) is 1. The normalized spacial score (nSPS) is 21.5. The zero-order valence-corrected chi connectivity index (χ0v) is 16.9. The Labute approximate surface area is 156 Å². The molecule has 3 rings (SSSR count). The summed E-state index contributed by atoms with van der Waals surface area (Å²) < 4.78 is 0. The molecule has 1 aliphatic heterocycles. The second-order valence-corrected chi connectivity index (χ2v) is 8.18. The summed E-state index contributed by atoms with van der Waals surface area (Å²) in [6.45, 7) is 14.5. The first-order valence-corrected chi connectivity index (χ1v) is 9.33. The number of hydrogen-bond donors (Lipinski definition) is 0. The molecule has 0 bridgehead atoms. The summed E-state index contributed by atoms with van der Waals surface area (Å²) in [5.41, 5.74) is 5.46. The van der Waals surface area contributed by atoms with Crippen molar-refractivity contribution in [2.24, 2.45) is 0 Å². The van der Waals surface area contributed by atoms with E-state index in [0.29, 0.717) is 5.56 Å². The van der Waals surface area contributed by atoms with E-state index in [2.05, 4.69) is 52.0 Å². The Hall–Kier alpha value is -2.13. The first kappa shape index (κ1) is 18.7. The van der Waals surface area contributed by atoms with E-state index in [9.17, 15) is 4.79 Å². The summed E-state index contributed by atoms with van der Waals surface area (Å²) in [6.07, 6.45) is 0.854. The Morgan fingerprint density at radius 2 is 1.54 bits per heavy atom. The van der Waals surface area contributed by atoms with Gasteiger partial charge in [-0.1, -0.05) is 48.9 Å². The van der Waals surface area contributed by atoms with E-state index >= 15 is 0 Å². The van der Waals surface area contributed by atoms with E-state index in [4.69, 9.17) is 4.84 Å². The van der Waals surface area contributed by atoms with Crippen LogP contribution in [0.3, 0.4) is 0 Å². The lowest BCUT2D eigenvalue weighted by atomic mass is 9.88. The van der Waals surface area contributed by atoms with Gasteiger partial charge in [0.2, 0.25) is 0 Å². The Morgan fingerprint density at radius 3 is 2.08 bits per heavy atom. The third-order valence-electron chi connectivity index (χ3n) is 5.87. The number of hydroxylamine groups is 2. The smallest absolute Gasteiger partial charge is 0.357 e. The van der Waals surface area contributed by atoms with Gasteiger partial charge in [0.1, 0.15) is 0 Å². The maximum Gasteiger partial charge on any atom is 0.357 e. The Kier molecular flexibility index (Phi) is 4.48. The van der Waals surface area contributed by atoms with Gasteiger partial charge < -0.3 is 4.84 Å². The second kappa shape index (κ2) is 6.24. The molecule has 0 radical (unpaired) electrons. The third-order valence-corrected chi connectivity index (χ3v) is 5.87. The molecule has 0 spiro atoms. The summed E-state index contributed by atoms with van der Waals surface area (Å²) in [4.78, 5) is 19.2. The molecule has 1 aliphatic rings. The highest BCUT2D eigenvalue weighted by molar-refractivity contribution is 5.92. The minimum absolute atomic E-state index is 0.277. The molecule has 26 heavy (non-hydrogen) atoms. The van der Waals surface area contributed by atoms with Crippen molar-refractivity contribution >= 4 is 5.97 Å². The van der Waals surface area contributed by atoms with Gasteiger partial charge in [-0.2, -0.15) is 0 Å². The molecule has 0 N–H and O–H groups in total. The van der Waals surface area contributed by atoms with Crippen LogP contribution in [0, 0.1) is 20.8 Å². The molecule has 3 heteroatoms. The predicted molar refractivity (Wildman–Crippen MR) is 105 cm³/mol. The van der Waals surface area contributed by atoms with Gasteiger partial charge >= 0.3 is 5.97 Å². The first-order chi connectivity index (χ1) is 12.1. The summed E-state index contributed by atoms with van der Waals surface area (Å²) in [7, 11) is 0. The van der Waals surface area contributed by atoms with Gasteiger partial charge in [0.15, 0.2) is 0 Å². The SMILES string of the molecule is CCC1(C)c2ccccc2C(C)(C)N1OC(=O)c1c(C)cc(C)cc1C. The minimum atomic E-state index is -0.385. The van der Waals surface area contributed by atoms with Gasteiger partial charge in [0.25, 0.3) is 0 Å². The molecule has 3 nitrogen and oxygen atoms in total. The van der Waals surface area contributed by atoms with E-state index in [1.807, 2.05) is 38.0 Å². The molecule has 0 aromatic heterocycles. The van der Waals surface area contributed by atoms with Crippen LogP contribution in [0.5, 0.6) is 0 Å². The number of fused-ring (bicyclic) bond motifs is 1. The third kappa shape index (κ3) is 2.66. The van der Waals surface area contributed by atoms with Crippen molar-refractivity contribution in [3.8, 4) is 0 Å². The summed E-state index contributed by atoms with van der Waals surface area (Å²) in [6, 6.07) is 12.5. The fourth-order valence-corrected chi connectivity index (χ4v) is 4.50. The van der Waals surface area contributed by atoms with Gasteiger partial charge in [-0.05, 0) is 70.2 Å². The van der Waals surface area contributed by atoms with Crippen molar-refractivity contribution in [3.63, 3.8) is 0 Å². The van der Waals surface area contributed by atoms with Crippen molar-refractivity contribution in [1.82, 2.24) is 5.06 Å². The molecule has 0 fully saturated rings. The fourth-order valence-electron chi connectivity index (χ4n) is 4.50. The van der Waals surface area contributed by atoms with E-state index in [1.165, 1.54) is 11.1 Å². The highest BCUT2D eigenvalue weighted by Crippen LogP contribution is 2.51. The molecule has 1 atom stereocenters. The van der Waals surface area contributed by atoms with Crippen molar-refractivity contribution in [2.75, 3.05) is 0 Å². The number of benzene rings is 2. The number of carbonyl (C=O) groups excluding carboxylic acids is 1. The van der Waals surface area contributed by atoms with Crippen molar-refractivity contribution < 1.29 is 9.63 Å². The van der Waals surface area contributed by atoms with Gasteiger partial charge in [-0.3, -0.25) is 0 Å². The van der Waals surface area contributed by atoms with Crippen molar-refractivity contribution in [1.29, 1.82) is 0 Å². The standard InChI is InChI=1S/C23H29NO2/c1-8-23(7)19-12-10-9-11-18(19)22(5,6)24(23)26-21(25)20-16(3)13-15(2)14-17(20)4/h9-14H,8H2,1-7H3. The minimum Gasteiger partial charge on any atom is -0.362 e. The number of hydrogen-bond acceptors (Lipinski definition) is 3. The first-order valence-electron chi connectivity index (χ1n) is 9.33. The molecule has 2 aromatic carbocycles. The van der Waals surface area contributed by atoms with Crippen LogP contribution in [0.1, 0.15) is 72.3 Å². The Morgan fingerprint density at radius 1 is 1.00 bits per heavy atom. The lowest BCUT2D eigenvalue weighted by molar-refractivity contribution is -0.223. The van der Waals surface area contributed by atoms with E-state index < -0.39 is 0 Å². The lowest BCUT2D eigenvalue weighted by Gasteiger charge is -2.40. The molecular formula is C23H29NO2. The van der Waals surface area contributed by atoms with Crippen LogP contribution in [0.25, 0.3) is 0 Å². The second-order valence-electron chi connectivity index (χ2n) is 8.18. The van der Waals surface area contributed by atoms with Crippen LogP contribution in [-0.2, 0) is 15.9 Å². The van der Waals surface area contributed by atoms with Crippen molar-refractivity contribution in [3.05, 3.63) is 69.8 Å². The summed E-state index contributed by atoms with van der Waals surface area (Å²) in [5.74, 6) is -0.277. The summed E-state index contributed by atoms with van der Waals surface area (Å²) in [5, 5.41) is 1.91. The molecule has 1 heterocycles. The highest BCUT2D eigenvalue weighted by Gasteiger charge is 2.53. The van der Waals surface area contributed by atoms with Crippen LogP contribution in [-0.4, -0.2) is 11.0 Å². The van der Waals surface area contributed by atoms with Crippen LogP contribution in [0.2, 0.25) is 0 Å². The van der Waals surface area contributed by atoms with Crippen molar-refractivity contribution in [2.45, 2.75) is 66.0 Å². The van der Waals surface area contributed by atoms with Crippen LogP contribution in [0.4, 0.5) is 0 Å². The van der Waals surface area contributed by atoms with Crippen LogP contribution in [0.15, 0.2) is 36.4 Å². The Balaban J connectivity index is 2.04. The molecule has 0 saturated heterocycles. The molecule has 0 amide bonds. The molecule has 138 valence electrons. The largest absolute Gasteiger partial charge is 0.362 e. The van der Waals surface area contributed by atoms with Gasteiger partial charge in [0.05, 0.1) is 16.6 Å². The molecule has 0 aliphatic carbocycles. The predicted octanol–water partition coefficient (Wildman–Crippen LogP) is 5.56. The lowest BCUT2D eigenvalue weighted by Crippen LogP contribution is -2.47. The van der Waals surface area contributed by atoms with E-state index in [0.717, 1.165) is 23.1 Å². The van der Waals surface area contributed by atoms with E-state index in [1.54, 1.807) is 0 Å². The summed E-state index contributed by atoms with van der Waals surface area (Å²) >= 11 is 0. The van der Waals surface area contributed by atoms with E-state index in [-0.39, 0.29) is 17.0 Å². The zero-order chi connectivity index (χ0) is 19.3.